The summed E-state index contributed by atoms with van der Waals surface area (Å²) in [4.78, 5) is 11.0. The number of carbonyl (C=O) groups is 1. The molecule has 2 unspecified atom stereocenters. The maximum absolute atomic E-state index is 11.0. The number of rotatable bonds is 4. The lowest BCUT2D eigenvalue weighted by molar-refractivity contribution is -0.143. The molecule has 110 valence electrons. The van der Waals surface area contributed by atoms with E-state index in [1.807, 2.05) is 0 Å². The van der Waals surface area contributed by atoms with Gasteiger partial charge in [0.1, 0.15) is 0 Å². The molecule has 0 spiro atoms. The summed E-state index contributed by atoms with van der Waals surface area (Å²) in [7, 11) is 0. The van der Waals surface area contributed by atoms with Crippen LogP contribution in [0.15, 0.2) is 0 Å². The minimum Gasteiger partial charge on any atom is -0.481 e. The van der Waals surface area contributed by atoms with Gasteiger partial charge in [0.25, 0.3) is 0 Å². The second-order valence-electron chi connectivity index (χ2n) is 6.69. The van der Waals surface area contributed by atoms with E-state index in [0.717, 1.165) is 50.9 Å². The third-order valence-corrected chi connectivity index (χ3v) is 4.95. The van der Waals surface area contributed by atoms with E-state index in [1.54, 1.807) is 0 Å². The summed E-state index contributed by atoms with van der Waals surface area (Å²) in [6.45, 7) is 2.86. The quantitative estimate of drug-likeness (QED) is 0.731. The molecule has 19 heavy (non-hydrogen) atoms. The lowest BCUT2D eigenvalue weighted by atomic mass is 9.79. The van der Waals surface area contributed by atoms with E-state index in [0.29, 0.717) is 13.0 Å². The highest BCUT2D eigenvalue weighted by Gasteiger charge is 2.33. The van der Waals surface area contributed by atoms with Crippen molar-refractivity contribution in [3.8, 4) is 0 Å². The maximum atomic E-state index is 11.0. The van der Waals surface area contributed by atoms with Crippen molar-refractivity contribution in [2.24, 2.45) is 11.8 Å². The molecule has 0 aromatic rings. The van der Waals surface area contributed by atoms with Crippen LogP contribution in [0.5, 0.6) is 0 Å². The Morgan fingerprint density at radius 1 is 1.26 bits per heavy atom. The van der Waals surface area contributed by atoms with Gasteiger partial charge in [-0.15, -0.1) is 0 Å². The van der Waals surface area contributed by atoms with Gasteiger partial charge in [-0.3, -0.25) is 4.79 Å². The Kier molecular flexibility index (Phi) is 4.85. The highest BCUT2D eigenvalue weighted by Crippen LogP contribution is 2.32. The van der Waals surface area contributed by atoms with Crippen LogP contribution >= 0.6 is 0 Å². The molecule has 2 aliphatic rings. The highest BCUT2D eigenvalue weighted by atomic mass is 16.4. The molecule has 0 saturated heterocycles. The predicted molar refractivity (Wildman–Crippen MR) is 74.0 cm³/mol. The molecule has 0 radical (unpaired) electrons. The molecule has 2 rings (SSSR count). The van der Waals surface area contributed by atoms with Crippen molar-refractivity contribution in [2.75, 3.05) is 6.54 Å². The first-order valence-corrected chi connectivity index (χ1v) is 7.67. The van der Waals surface area contributed by atoms with Crippen LogP contribution in [0.4, 0.5) is 0 Å². The molecular formula is C15H27NO3. The summed E-state index contributed by atoms with van der Waals surface area (Å²) in [5.74, 6) is -0.143. The minimum absolute atomic E-state index is 0.202. The summed E-state index contributed by atoms with van der Waals surface area (Å²) in [6, 6.07) is 0.262. The van der Waals surface area contributed by atoms with Crippen LogP contribution in [-0.2, 0) is 4.79 Å². The normalized spacial score (nSPS) is 40.0. The number of hydrogen-bond acceptors (Lipinski definition) is 3. The van der Waals surface area contributed by atoms with Crippen molar-refractivity contribution in [1.82, 2.24) is 5.32 Å². The van der Waals surface area contributed by atoms with Crippen LogP contribution in [0.3, 0.4) is 0 Å². The number of hydrogen-bond donors (Lipinski definition) is 3. The van der Waals surface area contributed by atoms with Crippen molar-refractivity contribution < 1.29 is 15.0 Å². The Morgan fingerprint density at radius 2 is 1.95 bits per heavy atom. The molecule has 0 aromatic carbocycles. The van der Waals surface area contributed by atoms with Gasteiger partial charge in [-0.25, -0.2) is 0 Å². The Bertz CT molecular complexity index is 311. The molecule has 2 aliphatic carbocycles. The van der Waals surface area contributed by atoms with Gasteiger partial charge in [-0.05, 0) is 50.9 Å². The molecule has 4 heteroatoms. The zero-order valence-electron chi connectivity index (χ0n) is 11.9. The van der Waals surface area contributed by atoms with Crippen LogP contribution in [0.2, 0.25) is 0 Å². The molecule has 4 nitrogen and oxygen atoms in total. The van der Waals surface area contributed by atoms with Crippen LogP contribution < -0.4 is 5.32 Å². The standard InChI is InChI=1S/C15H27NO3/c1-11-5-7-15(19,8-6-11)10-16-13-4-2-3-12(9-13)14(17)18/h11-13,16,19H,2-10H2,1H3,(H,17,18). The van der Waals surface area contributed by atoms with Gasteiger partial charge in [0, 0.05) is 12.6 Å². The number of carboxylic acid groups (broad SMARTS) is 1. The summed E-state index contributed by atoms with van der Waals surface area (Å²) >= 11 is 0. The van der Waals surface area contributed by atoms with E-state index in [4.69, 9.17) is 5.11 Å². The smallest absolute Gasteiger partial charge is 0.306 e. The fourth-order valence-corrected chi connectivity index (χ4v) is 3.41. The van der Waals surface area contributed by atoms with Crippen LogP contribution in [-0.4, -0.2) is 34.4 Å². The van der Waals surface area contributed by atoms with E-state index in [9.17, 15) is 9.90 Å². The molecule has 0 aliphatic heterocycles. The second-order valence-corrected chi connectivity index (χ2v) is 6.69. The van der Waals surface area contributed by atoms with Gasteiger partial charge in [0.15, 0.2) is 0 Å². The van der Waals surface area contributed by atoms with E-state index in [2.05, 4.69) is 12.2 Å². The molecule has 2 fully saturated rings. The third-order valence-electron chi connectivity index (χ3n) is 4.95. The Hall–Kier alpha value is -0.610. The Morgan fingerprint density at radius 3 is 2.58 bits per heavy atom. The first-order valence-electron chi connectivity index (χ1n) is 7.67. The van der Waals surface area contributed by atoms with Gasteiger partial charge in [-0.2, -0.15) is 0 Å². The van der Waals surface area contributed by atoms with E-state index in [-0.39, 0.29) is 12.0 Å². The first kappa shape index (κ1) is 14.8. The van der Waals surface area contributed by atoms with E-state index < -0.39 is 11.6 Å². The molecule has 3 N–H and O–H groups in total. The Balaban J connectivity index is 1.77. The van der Waals surface area contributed by atoms with E-state index >= 15 is 0 Å². The zero-order chi connectivity index (χ0) is 13.9. The van der Waals surface area contributed by atoms with Gasteiger partial charge in [-0.1, -0.05) is 13.3 Å². The van der Waals surface area contributed by atoms with Gasteiger partial charge in [0.2, 0.25) is 0 Å². The van der Waals surface area contributed by atoms with Crippen molar-refractivity contribution in [3.63, 3.8) is 0 Å². The minimum atomic E-state index is -0.670. The molecule has 0 amide bonds. The fraction of sp³-hybridized carbons (Fsp3) is 0.933. The topological polar surface area (TPSA) is 69.6 Å². The van der Waals surface area contributed by atoms with Crippen LogP contribution in [0.1, 0.15) is 58.3 Å². The van der Waals surface area contributed by atoms with Gasteiger partial charge in [0.05, 0.1) is 11.5 Å². The molecule has 2 saturated carbocycles. The average Bonchev–Trinajstić information content (AvgIpc) is 2.41. The van der Waals surface area contributed by atoms with Crippen molar-refractivity contribution in [3.05, 3.63) is 0 Å². The van der Waals surface area contributed by atoms with E-state index in [1.165, 1.54) is 0 Å². The molecule has 2 atom stereocenters. The molecule has 0 bridgehead atoms. The largest absolute Gasteiger partial charge is 0.481 e. The zero-order valence-corrected chi connectivity index (χ0v) is 11.9. The third kappa shape index (κ3) is 4.18. The fourth-order valence-electron chi connectivity index (χ4n) is 3.41. The average molecular weight is 269 g/mol. The molecular weight excluding hydrogens is 242 g/mol. The SMILES string of the molecule is CC1CCC(O)(CNC2CCCC(C(=O)O)C2)CC1. The maximum Gasteiger partial charge on any atom is 0.306 e. The number of aliphatic carboxylic acids is 1. The monoisotopic (exact) mass is 269 g/mol. The lowest BCUT2D eigenvalue weighted by Gasteiger charge is -2.37. The van der Waals surface area contributed by atoms with Gasteiger partial charge >= 0.3 is 5.97 Å². The highest BCUT2D eigenvalue weighted by molar-refractivity contribution is 5.70. The number of aliphatic hydroxyl groups is 1. The molecule has 0 aromatic heterocycles. The first-order chi connectivity index (χ1) is 8.98. The predicted octanol–water partition coefficient (Wildman–Crippen LogP) is 2.16. The second kappa shape index (κ2) is 6.23. The van der Waals surface area contributed by atoms with Crippen molar-refractivity contribution >= 4 is 5.97 Å². The van der Waals surface area contributed by atoms with Crippen molar-refractivity contribution in [1.29, 1.82) is 0 Å². The Labute approximate surface area is 115 Å². The lowest BCUT2D eigenvalue weighted by Crippen LogP contribution is -2.48. The van der Waals surface area contributed by atoms with Gasteiger partial charge < -0.3 is 15.5 Å². The van der Waals surface area contributed by atoms with Crippen LogP contribution in [0, 0.1) is 11.8 Å². The number of carboxylic acids is 1. The summed E-state index contributed by atoms with van der Waals surface area (Å²) in [6.07, 6.45) is 7.46. The van der Waals surface area contributed by atoms with Crippen LogP contribution in [0.25, 0.3) is 0 Å². The summed E-state index contributed by atoms with van der Waals surface area (Å²) in [5.41, 5.74) is -0.567. The summed E-state index contributed by atoms with van der Waals surface area (Å²) < 4.78 is 0. The number of nitrogens with one attached hydrogen (secondary N) is 1. The summed E-state index contributed by atoms with van der Waals surface area (Å²) in [5, 5.41) is 23.0. The van der Waals surface area contributed by atoms with Crippen molar-refractivity contribution in [2.45, 2.75) is 69.9 Å². The molecule has 0 heterocycles.